The summed E-state index contributed by atoms with van der Waals surface area (Å²) in [7, 11) is 0. The molecule has 1 heterocycles. The second-order valence-electron chi connectivity index (χ2n) is 5.14. The van der Waals surface area contributed by atoms with Crippen molar-refractivity contribution >= 4 is 11.7 Å². The molecule has 0 spiro atoms. The molecule has 1 aromatic heterocycles. The molecule has 3 N–H and O–H groups in total. The van der Waals surface area contributed by atoms with Crippen LogP contribution in [0.25, 0.3) is 0 Å². The fraction of sp³-hybridized carbons (Fsp3) is 0.643. The van der Waals surface area contributed by atoms with Gasteiger partial charge in [0.15, 0.2) is 11.5 Å². The predicted octanol–water partition coefficient (Wildman–Crippen LogP) is 2.40. The first kappa shape index (κ1) is 15.4. The summed E-state index contributed by atoms with van der Waals surface area (Å²) < 4.78 is 0. The molecule has 1 aromatic rings. The summed E-state index contributed by atoms with van der Waals surface area (Å²) >= 11 is 0. The molecule has 5 heteroatoms. The Kier molecular flexibility index (Phi) is 6.85. The van der Waals surface area contributed by atoms with Crippen molar-refractivity contribution in [3.8, 4) is 0 Å². The van der Waals surface area contributed by atoms with Crippen LogP contribution in [0.2, 0.25) is 0 Å². The molecule has 0 fully saturated rings. The zero-order valence-electron chi connectivity index (χ0n) is 11.9. The highest BCUT2D eigenvalue weighted by atomic mass is 16.1. The summed E-state index contributed by atoms with van der Waals surface area (Å²) in [5.74, 6) is 0.712. The largest absolute Gasteiger partial charge is 0.382 e. The van der Waals surface area contributed by atoms with Gasteiger partial charge in [-0.3, -0.25) is 4.79 Å². The minimum absolute atomic E-state index is 0.178. The summed E-state index contributed by atoms with van der Waals surface area (Å²) in [5.41, 5.74) is 5.80. The standard InChI is InChI=1S/C14H24N4O/c1-11(2)7-5-3-4-6-8-18-14(19)12-13(15)17-10-9-16-12/h9-11H,3-8H2,1-2H3,(H2,15,17)(H,18,19). The van der Waals surface area contributed by atoms with E-state index >= 15 is 0 Å². The fourth-order valence-electron chi connectivity index (χ4n) is 1.84. The van der Waals surface area contributed by atoms with E-state index in [-0.39, 0.29) is 17.4 Å². The van der Waals surface area contributed by atoms with Gasteiger partial charge in [0, 0.05) is 18.9 Å². The third kappa shape index (κ3) is 6.18. The summed E-state index contributed by atoms with van der Waals surface area (Å²) in [6.45, 7) is 5.15. The zero-order chi connectivity index (χ0) is 14.1. The average Bonchev–Trinajstić information content (AvgIpc) is 2.37. The average molecular weight is 264 g/mol. The Morgan fingerprint density at radius 3 is 2.58 bits per heavy atom. The number of carbonyl (C=O) groups is 1. The molecular formula is C14H24N4O. The Labute approximate surface area is 115 Å². The van der Waals surface area contributed by atoms with E-state index in [1.54, 1.807) is 0 Å². The molecule has 0 radical (unpaired) electrons. The van der Waals surface area contributed by atoms with Gasteiger partial charge in [-0.25, -0.2) is 9.97 Å². The highest BCUT2D eigenvalue weighted by molar-refractivity contribution is 5.96. The van der Waals surface area contributed by atoms with Crippen LogP contribution in [0.5, 0.6) is 0 Å². The Balaban J connectivity index is 2.13. The number of hydrogen-bond acceptors (Lipinski definition) is 4. The van der Waals surface area contributed by atoms with E-state index in [0.717, 1.165) is 18.8 Å². The maximum Gasteiger partial charge on any atom is 0.273 e. The monoisotopic (exact) mass is 264 g/mol. The molecule has 0 aromatic carbocycles. The molecule has 19 heavy (non-hydrogen) atoms. The molecule has 0 bridgehead atoms. The van der Waals surface area contributed by atoms with Gasteiger partial charge in [0.1, 0.15) is 0 Å². The second-order valence-corrected chi connectivity index (χ2v) is 5.14. The Morgan fingerprint density at radius 1 is 1.21 bits per heavy atom. The molecular weight excluding hydrogens is 240 g/mol. The Bertz CT molecular complexity index is 393. The van der Waals surface area contributed by atoms with E-state index < -0.39 is 0 Å². The molecule has 1 amide bonds. The van der Waals surface area contributed by atoms with Gasteiger partial charge < -0.3 is 11.1 Å². The summed E-state index contributed by atoms with van der Waals surface area (Å²) in [6.07, 6.45) is 8.84. The first-order valence-electron chi connectivity index (χ1n) is 6.96. The van der Waals surface area contributed by atoms with Crippen LogP contribution in [0.1, 0.15) is 56.4 Å². The van der Waals surface area contributed by atoms with Crippen molar-refractivity contribution in [3.05, 3.63) is 18.1 Å². The van der Waals surface area contributed by atoms with Crippen LogP contribution >= 0.6 is 0 Å². The van der Waals surface area contributed by atoms with Gasteiger partial charge in [-0.05, 0) is 12.3 Å². The van der Waals surface area contributed by atoms with Gasteiger partial charge in [-0.1, -0.05) is 39.5 Å². The topological polar surface area (TPSA) is 80.9 Å². The normalized spacial score (nSPS) is 10.7. The lowest BCUT2D eigenvalue weighted by Crippen LogP contribution is -2.26. The summed E-state index contributed by atoms with van der Waals surface area (Å²) in [5, 5.41) is 2.82. The number of unbranched alkanes of at least 4 members (excludes halogenated alkanes) is 3. The van der Waals surface area contributed by atoms with E-state index in [1.165, 1.54) is 31.7 Å². The minimum atomic E-state index is -0.243. The van der Waals surface area contributed by atoms with Crippen molar-refractivity contribution < 1.29 is 4.79 Å². The van der Waals surface area contributed by atoms with Crippen LogP contribution in [0, 0.1) is 5.92 Å². The lowest BCUT2D eigenvalue weighted by Gasteiger charge is -2.06. The van der Waals surface area contributed by atoms with E-state index in [4.69, 9.17) is 5.73 Å². The molecule has 0 aliphatic carbocycles. The maximum atomic E-state index is 11.8. The van der Waals surface area contributed by atoms with Crippen LogP contribution in [-0.2, 0) is 0 Å². The summed E-state index contributed by atoms with van der Waals surface area (Å²) in [6, 6.07) is 0. The number of nitrogen functional groups attached to an aromatic ring is 1. The number of rotatable bonds is 8. The highest BCUT2D eigenvalue weighted by Crippen LogP contribution is 2.09. The van der Waals surface area contributed by atoms with Gasteiger partial charge >= 0.3 is 0 Å². The van der Waals surface area contributed by atoms with Crippen LogP contribution in [0.15, 0.2) is 12.4 Å². The molecule has 0 atom stereocenters. The molecule has 1 rings (SSSR count). The predicted molar refractivity (Wildman–Crippen MR) is 76.7 cm³/mol. The SMILES string of the molecule is CC(C)CCCCCCNC(=O)c1nccnc1N. The van der Waals surface area contributed by atoms with Crippen LogP contribution in [0.3, 0.4) is 0 Å². The van der Waals surface area contributed by atoms with Gasteiger partial charge in [-0.2, -0.15) is 0 Å². The number of nitrogens with two attached hydrogens (primary N) is 1. The Morgan fingerprint density at radius 2 is 1.89 bits per heavy atom. The van der Waals surface area contributed by atoms with Crippen molar-refractivity contribution in [1.29, 1.82) is 0 Å². The van der Waals surface area contributed by atoms with E-state index in [9.17, 15) is 4.79 Å². The van der Waals surface area contributed by atoms with E-state index in [2.05, 4.69) is 29.1 Å². The number of nitrogens with one attached hydrogen (secondary N) is 1. The van der Waals surface area contributed by atoms with Gasteiger partial charge in [0.2, 0.25) is 0 Å². The number of anilines is 1. The number of amides is 1. The maximum absolute atomic E-state index is 11.8. The molecule has 106 valence electrons. The molecule has 0 unspecified atom stereocenters. The van der Waals surface area contributed by atoms with Crippen molar-refractivity contribution in [1.82, 2.24) is 15.3 Å². The third-order valence-electron chi connectivity index (χ3n) is 2.94. The smallest absolute Gasteiger partial charge is 0.273 e. The number of carbonyl (C=O) groups excluding carboxylic acids is 1. The second kappa shape index (κ2) is 8.45. The van der Waals surface area contributed by atoms with Crippen LogP contribution < -0.4 is 11.1 Å². The first-order valence-corrected chi connectivity index (χ1v) is 6.96. The number of nitrogens with zero attached hydrogens (tertiary/aromatic N) is 2. The van der Waals surface area contributed by atoms with Crippen molar-refractivity contribution in [2.75, 3.05) is 12.3 Å². The van der Waals surface area contributed by atoms with Gasteiger partial charge in [0.05, 0.1) is 0 Å². The molecule has 0 aliphatic heterocycles. The molecule has 5 nitrogen and oxygen atoms in total. The van der Waals surface area contributed by atoms with Crippen LogP contribution in [0.4, 0.5) is 5.82 Å². The van der Waals surface area contributed by atoms with Crippen molar-refractivity contribution in [2.24, 2.45) is 5.92 Å². The lowest BCUT2D eigenvalue weighted by molar-refractivity contribution is 0.0948. The van der Waals surface area contributed by atoms with Crippen molar-refractivity contribution in [3.63, 3.8) is 0 Å². The molecule has 0 aliphatic rings. The van der Waals surface area contributed by atoms with Crippen molar-refractivity contribution in [2.45, 2.75) is 46.0 Å². The minimum Gasteiger partial charge on any atom is -0.382 e. The highest BCUT2D eigenvalue weighted by Gasteiger charge is 2.10. The lowest BCUT2D eigenvalue weighted by atomic mass is 10.0. The number of aromatic nitrogens is 2. The summed E-state index contributed by atoms with van der Waals surface area (Å²) in [4.78, 5) is 19.5. The van der Waals surface area contributed by atoms with Gasteiger partial charge in [-0.15, -0.1) is 0 Å². The molecule has 0 saturated heterocycles. The van der Waals surface area contributed by atoms with Gasteiger partial charge in [0.25, 0.3) is 5.91 Å². The number of hydrogen-bond donors (Lipinski definition) is 2. The fourth-order valence-corrected chi connectivity index (χ4v) is 1.84. The Hall–Kier alpha value is -1.65. The molecule has 0 saturated carbocycles. The van der Waals surface area contributed by atoms with E-state index in [1.807, 2.05) is 0 Å². The third-order valence-corrected chi connectivity index (χ3v) is 2.94. The quantitative estimate of drug-likeness (QED) is 0.706. The zero-order valence-corrected chi connectivity index (χ0v) is 11.9. The van der Waals surface area contributed by atoms with E-state index in [0.29, 0.717) is 6.54 Å². The van der Waals surface area contributed by atoms with Crippen LogP contribution in [-0.4, -0.2) is 22.4 Å². The first-order chi connectivity index (χ1) is 9.11.